The highest BCUT2D eigenvalue weighted by molar-refractivity contribution is 7.13. The molecule has 0 aromatic carbocycles. The van der Waals surface area contributed by atoms with Crippen molar-refractivity contribution in [2.45, 2.75) is 6.92 Å². The van der Waals surface area contributed by atoms with Gasteiger partial charge in [-0.2, -0.15) is 5.10 Å². The highest BCUT2D eigenvalue weighted by atomic mass is 32.1. The summed E-state index contributed by atoms with van der Waals surface area (Å²) in [6.45, 7) is 1.93. The quantitative estimate of drug-likeness (QED) is 0.764. The molecule has 0 atom stereocenters. The maximum Gasteiger partial charge on any atom is 0.173 e. The number of nitrogens with zero attached hydrogens (tertiary/aromatic N) is 4. The number of aryl methyl sites for hydroxylation is 1. The standard InChI is InChI=1S/C12H11N5S/c1-8-4-5-17(16-8)11-7-10(13)14-12(15-11)9-3-2-6-18-9/h2-7H,1H3,(H2,13,14,15). The smallest absolute Gasteiger partial charge is 0.173 e. The van der Waals surface area contributed by atoms with Crippen molar-refractivity contribution in [1.29, 1.82) is 0 Å². The monoisotopic (exact) mass is 257 g/mol. The Morgan fingerprint density at radius 3 is 2.83 bits per heavy atom. The van der Waals surface area contributed by atoms with Gasteiger partial charge in [-0.3, -0.25) is 0 Å². The van der Waals surface area contributed by atoms with Gasteiger partial charge in [0.1, 0.15) is 5.82 Å². The second-order valence-corrected chi connectivity index (χ2v) is 4.80. The van der Waals surface area contributed by atoms with Crippen molar-refractivity contribution >= 4 is 17.2 Å². The van der Waals surface area contributed by atoms with Gasteiger partial charge in [-0.05, 0) is 24.4 Å². The van der Waals surface area contributed by atoms with Crippen LogP contribution in [0.4, 0.5) is 5.82 Å². The van der Waals surface area contributed by atoms with Crippen LogP contribution in [-0.4, -0.2) is 19.7 Å². The largest absolute Gasteiger partial charge is 0.384 e. The summed E-state index contributed by atoms with van der Waals surface area (Å²) >= 11 is 1.58. The second-order valence-electron chi connectivity index (χ2n) is 3.85. The van der Waals surface area contributed by atoms with Crippen molar-refractivity contribution in [2.24, 2.45) is 0 Å². The number of rotatable bonds is 2. The zero-order chi connectivity index (χ0) is 12.5. The van der Waals surface area contributed by atoms with Crippen LogP contribution in [0.15, 0.2) is 35.8 Å². The zero-order valence-corrected chi connectivity index (χ0v) is 10.6. The highest BCUT2D eigenvalue weighted by Crippen LogP contribution is 2.22. The number of nitrogens with two attached hydrogens (primary N) is 1. The summed E-state index contributed by atoms with van der Waals surface area (Å²) in [6.07, 6.45) is 1.86. The minimum Gasteiger partial charge on any atom is -0.384 e. The predicted octanol–water partition coefficient (Wildman–Crippen LogP) is 2.28. The lowest BCUT2D eigenvalue weighted by molar-refractivity contribution is 0.829. The Bertz CT molecular complexity index is 672. The molecule has 0 fully saturated rings. The third-order valence-electron chi connectivity index (χ3n) is 2.43. The fourth-order valence-corrected chi connectivity index (χ4v) is 2.29. The molecule has 6 heteroatoms. The highest BCUT2D eigenvalue weighted by Gasteiger charge is 2.08. The van der Waals surface area contributed by atoms with Crippen LogP contribution in [0.5, 0.6) is 0 Å². The maximum atomic E-state index is 5.82. The minimum atomic E-state index is 0.441. The van der Waals surface area contributed by atoms with Crippen LogP contribution in [0.2, 0.25) is 0 Å². The first-order valence-corrected chi connectivity index (χ1v) is 6.31. The van der Waals surface area contributed by atoms with Crippen LogP contribution in [0.1, 0.15) is 5.69 Å². The molecule has 0 aliphatic rings. The lowest BCUT2D eigenvalue weighted by Gasteiger charge is -2.04. The Morgan fingerprint density at radius 1 is 1.28 bits per heavy atom. The van der Waals surface area contributed by atoms with Gasteiger partial charge in [-0.25, -0.2) is 14.6 Å². The van der Waals surface area contributed by atoms with E-state index in [1.165, 1.54) is 0 Å². The van der Waals surface area contributed by atoms with Gasteiger partial charge in [0.25, 0.3) is 0 Å². The van der Waals surface area contributed by atoms with Gasteiger partial charge in [-0.1, -0.05) is 6.07 Å². The summed E-state index contributed by atoms with van der Waals surface area (Å²) in [4.78, 5) is 9.72. The van der Waals surface area contributed by atoms with Gasteiger partial charge in [0.2, 0.25) is 0 Å². The van der Waals surface area contributed by atoms with Gasteiger partial charge in [0.05, 0.1) is 10.6 Å². The van der Waals surface area contributed by atoms with E-state index in [1.807, 2.05) is 36.7 Å². The zero-order valence-electron chi connectivity index (χ0n) is 9.74. The molecule has 3 aromatic rings. The average Bonchev–Trinajstić information content (AvgIpc) is 2.98. The Kier molecular flexibility index (Phi) is 2.56. The molecule has 0 radical (unpaired) electrons. The van der Waals surface area contributed by atoms with Crippen molar-refractivity contribution in [3.8, 4) is 16.5 Å². The van der Waals surface area contributed by atoms with Crippen molar-refractivity contribution in [3.05, 3.63) is 41.5 Å². The summed E-state index contributed by atoms with van der Waals surface area (Å²) in [5, 5.41) is 6.30. The van der Waals surface area contributed by atoms with E-state index in [0.29, 0.717) is 17.5 Å². The molecule has 0 saturated carbocycles. The van der Waals surface area contributed by atoms with E-state index in [4.69, 9.17) is 5.73 Å². The van der Waals surface area contributed by atoms with Crippen molar-refractivity contribution < 1.29 is 0 Å². The molecule has 0 aliphatic carbocycles. The number of nitrogen functional groups attached to an aromatic ring is 1. The molecule has 0 unspecified atom stereocenters. The van der Waals surface area contributed by atoms with E-state index >= 15 is 0 Å². The number of thiophene rings is 1. The van der Waals surface area contributed by atoms with Crippen LogP contribution < -0.4 is 5.73 Å². The third-order valence-corrected chi connectivity index (χ3v) is 3.30. The van der Waals surface area contributed by atoms with Crippen molar-refractivity contribution in [1.82, 2.24) is 19.7 Å². The Balaban J connectivity index is 2.11. The Hall–Kier alpha value is -2.21. The van der Waals surface area contributed by atoms with E-state index in [1.54, 1.807) is 22.1 Å². The topological polar surface area (TPSA) is 69.6 Å². The molecule has 18 heavy (non-hydrogen) atoms. The molecule has 0 saturated heterocycles. The lowest BCUT2D eigenvalue weighted by atomic mass is 10.4. The van der Waals surface area contributed by atoms with E-state index in [2.05, 4.69) is 15.1 Å². The lowest BCUT2D eigenvalue weighted by Crippen LogP contribution is -2.03. The van der Waals surface area contributed by atoms with Crippen LogP contribution in [0, 0.1) is 6.92 Å². The summed E-state index contributed by atoms with van der Waals surface area (Å²) in [6, 6.07) is 7.56. The van der Waals surface area contributed by atoms with E-state index in [-0.39, 0.29) is 0 Å². The van der Waals surface area contributed by atoms with Gasteiger partial charge in [0.15, 0.2) is 11.6 Å². The van der Waals surface area contributed by atoms with Crippen LogP contribution in [0.3, 0.4) is 0 Å². The molecule has 3 aromatic heterocycles. The fourth-order valence-electron chi connectivity index (χ4n) is 1.63. The first-order chi connectivity index (χ1) is 8.72. The average molecular weight is 257 g/mol. The van der Waals surface area contributed by atoms with E-state index < -0.39 is 0 Å². The summed E-state index contributed by atoms with van der Waals surface area (Å²) < 4.78 is 1.70. The first-order valence-electron chi connectivity index (χ1n) is 5.43. The molecular weight excluding hydrogens is 246 g/mol. The predicted molar refractivity (Wildman–Crippen MR) is 71.6 cm³/mol. The second kappa shape index (κ2) is 4.23. The Labute approximate surface area is 108 Å². The summed E-state index contributed by atoms with van der Waals surface area (Å²) in [5.41, 5.74) is 6.76. The van der Waals surface area contributed by atoms with Crippen LogP contribution >= 0.6 is 11.3 Å². The Morgan fingerprint density at radius 2 is 2.17 bits per heavy atom. The van der Waals surface area contributed by atoms with E-state index in [0.717, 1.165) is 10.6 Å². The van der Waals surface area contributed by atoms with Crippen molar-refractivity contribution in [2.75, 3.05) is 5.73 Å². The molecule has 3 heterocycles. The third kappa shape index (κ3) is 1.98. The molecular formula is C12H11N5S. The number of hydrogen-bond donors (Lipinski definition) is 1. The maximum absolute atomic E-state index is 5.82. The fraction of sp³-hybridized carbons (Fsp3) is 0.0833. The van der Waals surface area contributed by atoms with Gasteiger partial charge >= 0.3 is 0 Å². The van der Waals surface area contributed by atoms with Gasteiger partial charge in [0, 0.05) is 12.3 Å². The molecule has 0 amide bonds. The molecule has 0 aliphatic heterocycles. The molecule has 3 rings (SSSR count). The molecule has 0 bridgehead atoms. The number of aromatic nitrogens is 4. The first kappa shape index (κ1) is 10.9. The summed E-state index contributed by atoms with van der Waals surface area (Å²) in [5.74, 6) is 1.75. The van der Waals surface area contributed by atoms with E-state index in [9.17, 15) is 0 Å². The van der Waals surface area contributed by atoms with Crippen LogP contribution in [0.25, 0.3) is 16.5 Å². The molecule has 0 spiro atoms. The SMILES string of the molecule is Cc1ccn(-c2cc(N)nc(-c3cccs3)n2)n1. The number of anilines is 1. The normalized spacial score (nSPS) is 10.7. The summed E-state index contributed by atoms with van der Waals surface area (Å²) in [7, 11) is 0. The van der Waals surface area contributed by atoms with Crippen LogP contribution in [-0.2, 0) is 0 Å². The number of hydrogen-bond acceptors (Lipinski definition) is 5. The van der Waals surface area contributed by atoms with Crippen molar-refractivity contribution in [3.63, 3.8) is 0 Å². The minimum absolute atomic E-state index is 0.441. The molecule has 90 valence electrons. The van der Waals surface area contributed by atoms with Gasteiger partial charge in [-0.15, -0.1) is 11.3 Å². The van der Waals surface area contributed by atoms with Gasteiger partial charge < -0.3 is 5.73 Å². The molecule has 5 nitrogen and oxygen atoms in total. The molecule has 2 N–H and O–H groups in total.